The van der Waals surface area contributed by atoms with Crippen molar-refractivity contribution in [1.82, 2.24) is 0 Å². The molecule has 0 aromatic carbocycles. The van der Waals surface area contributed by atoms with Gasteiger partial charge in [0, 0.05) is 101 Å². The van der Waals surface area contributed by atoms with E-state index in [9.17, 15) is 50.4 Å². The Morgan fingerprint density at radius 3 is 1.15 bits per heavy atom. The molecule has 0 spiro atoms. The van der Waals surface area contributed by atoms with E-state index in [1.807, 2.05) is 79.7 Å². The first-order chi connectivity index (χ1) is 44.5. The summed E-state index contributed by atoms with van der Waals surface area (Å²) in [7, 11) is 6.56. The third-order valence-corrected chi connectivity index (χ3v) is 21.9. The average Bonchev–Trinajstić information content (AvgIpc) is 0.891. The number of methoxy groups -OCH3 is 4. The van der Waals surface area contributed by atoms with Crippen molar-refractivity contribution < 1.29 is 97.8 Å². The van der Waals surface area contributed by atoms with E-state index in [1.165, 1.54) is 0 Å². The average molecular weight is 1340 g/mol. The summed E-state index contributed by atoms with van der Waals surface area (Å²) < 4.78 is 61.5. The van der Waals surface area contributed by atoms with Crippen LogP contribution in [0.2, 0.25) is 0 Å². The molecule has 5 aliphatic heterocycles. The quantitative estimate of drug-likeness (QED) is 0.0528. The monoisotopic (exact) mass is 1340 g/mol. The summed E-state index contributed by atoms with van der Waals surface area (Å²) in [6, 6.07) is 0. The number of aliphatic hydroxyl groups excluding tert-OH is 8. The Morgan fingerprint density at radius 2 is 0.809 bits per heavy atom. The fraction of sp³-hybridized carbons (Fsp3) is 0.865. The number of carbonyl (C=O) groups excluding carboxylic acids is 2. The molecular weight excluding hydrogens is 1210 g/mol. The lowest BCUT2D eigenvalue weighted by Crippen LogP contribution is -2.46. The molecular formula is C74H128O20. The van der Waals surface area contributed by atoms with Crippen molar-refractivity contribution in [3.05, 3.63) is 47.6 Å². The zero-order chi connectivity index (χ0) is 69.7. The van der Waals surface area contributed by atoms with Gasteiger partial charge >= 0.3 is 11.9 Å². The van der Waals surface area contributed by atoms with E-state index < -0.39 is 133 Å². The van der Waals surface area contributed by atoms with Crippen LogP contribution < -0.4 is 0 Å². The summed E-state index contributed by atoms with van der Waals surface area (Å²) in [5, 5.41) is 94.8. The number of ether oxygens (including phenoxy) is 10. The molecule has 20 nitrogen and oxygen atoms in total. The summed E-state index contributed by atoms with van der Waals surface area (Å²) >= 11 is 0. The highest BCUT2D eigenvalue weighted by molar-refractivity contribution is 5.88. The lowest BCUT2D eigenvalue weighted by atomic mass is 9.78. The van der Waals surface area contributed by atoms with Crippen LogP contribution in [0.3, 0.4) is 0 Å². The third kappa shape index (κ3) is 25.5. The number of hydrogen-bond acceptors (Lipinski definition) is 20. The van der Waals surface area contributed by atoms with E-state index in [-0.39, 0.29) is 110 Å². The Kier molecular flexibility index (Phi) is 35.3. The summed E-state index contributed by atoms with van der Waals surface area (Å²) in [4.78, 5) is 28.4. The van der Waals surface area contributed by atoms with Crippen molar-refractivity contribution in [2.75, 3.05) is 28.4 Å². The highest BCUT2D eigenvalue weighted by Crippen LogP contribution is 2.37. The smallest absolute Gasteiger partial charge is 0.333 e. The molecule has 0 unspecified atom stereocenters. The predicted molar refractivity (Wildman–Crippen MR) is 359 cm³/mol. The Hall–Kier alpha value is -2.74. The van der Waals surface area contributed by atoms with Crippen LogP contribution in [0, 0.1) is 47.3 Å². The first-order valence-electron chi connectivity index (χ1n) is 35.7. The van der Waals surface area contributed by atoms with Gasteiger partial charge in [0.15, 0.2) is 0 Å². The van der Waals surface area contributed by atoms with Gasteiger partial charge in [-0.1, -0.05) is 91.8 Å². The maximum Gasteiger partial charge on any atom is 0.333 e. The van der Waals surface area contributed by atoms with Gasteiger partial charge in [-0.3, -0.25) is 0 Å². The Morgan fingerprint density at radius 1 is 0.457 bits per heavy atom. The van der Waals surface area contributed by atoms with Crippen molar-refractivity contribution >= 4 is 11.9 Å². The second-order valence-corrected chi connectivity index (χ2v) is 29.5. The molecule has 20 heteroatoms. The van der Waals surface area contributed by atoms with Crippen molar-refractivity contribution in [3.8, 4) is 0 Å². The van der Waals surface area contributed by atoms with Gasteiger partial charge in [0.2, 0.25) is 0 Å². The Balaban J connectivity index is 1.38. The lowest BCUT2D eigenvalue weighted by Gasteiger charge is -2.38. The summed E-state index contributed by atoms with van der Waals surface area (Å²) in [6.45, 7) is 22.1. The molecule has 5 heterocycles. The van der Waals surface area contributed by atoms with Gasteiger partial charge < -0.3 is 88.2 Å². The van der Waals surface area contributed by atoms with Crippen LogP contribution >= 0.6 is 0 Å². The zero-order valence-electron chi connectivity index (χ0n) is 60.0. The Labute approximate surface area is 563 Å². The van der Waals surface area contributed by atoms with E-state index >= 15 is 0 Å². The molecule has 0 aromatic heterocycles. The molecule has 2 fully saturated rings. The molecule has 0 amide bonds. The number of hydrogen-bond donors (Lipinski definition) is 8. The van der Waals surface area contributed by atoms with Gasteiger partial charge in [-0.2, -0.15) is 0 Å². The molecule has 30 atom stereocenters. The van der Waals surface area contributed by atoms with Gasteiger partial charge in [-0.05, 0) is 129 Å². The van der Waals surface area contributed by atoms with E-state index in [1.54, 1.807) is 68.3 Å². The first-order valence-corrected chi connectivity index (χ1v) is 35.7. The van der Waals surface area contributed by atoms with Crippen LogP contribution in [0.5, 0.6) is 0 Å². The van der Waals surface area contributed by atoms with Crippen LogP contribution in [0.25, 0.3) is 0 Å². The minimum atomic E-state index is -1.18. The van der Waals surface area contributed by atoms with Crippen molar-refractivity contribution in [3.63, 3.8) is 0 Å². The van der Waals surface area contributed by atoms with E-state index in [2.05, 4.69) is 0 Å². The van der Waals surface area contributed by atoms with Crippen LogP contribution in [0.1, 0.15) is 199 Å². The van der Waals surface area contributed by atoms with E-state index in [0.29, 0.717) is 51.4 Å². The second kappa shape index (κ2) is 40.5. The summed E-state index contributed by atoms with van der Waals surface area (Å²) in [6.07, 6.45) is 6.49. The van der Waals surface area contributed by atoms with Gasteiger partial charge in [0.1, 0.15) is 12.2 Å². The fourth-order valence-corrected chi connectivity index (χ4v) is 15.0. The number of rotatable bonds is 16. The third-order valence-electron chi connectivity index (χ3n) is 21.9. The molecule has 5 rings (SSSR count). The van der Waals surface area contributed by atoms with Crippen LogP contribution in [0.15, 0.2) is 47.6 Å². The standard InChI is InChI=1S/C74H128O20/c1-41(25-29-59-35-61(85-13)31-45(5)89-59)69(81)51(11)71-49(9)65(79)39-63(77)47(7)67(87-15)37-57-21-18-20-56(92-57)34-54(76)28-24-44(4)74(84)94-72(52(12)70(82)42(2)26-30-60-36-62(86-14)32-46(6)90-60)50(10)66(80)40-64(78)48(8)68(88-16)38-58-22-17-19-55(91-58)33-53(75)27-23-43(3)73(83)93-71/h17-20,23-24,41-42,45-72,75-82H,21-22,25-40H2,1-16H3/b43-23+,44-24+/t41-,42-,45-,46-,47-,48-,49-,50-,51-,52-,53-,54-,55-,56-,57-,58-,59-,60+,61+,62+,63-,64-,65+,66+,67-,68-,69-,70-,71-,72-/m0/s1. The number of fused-ring (bicyclic) bond motifs is 4. The van der Waals surface area contributed by atoms with Crippen LogP contribution in [0.4, 0.5) is 0 Å². The predicted octanol–water partition coefficient (Wildman–Crippen LogP) is 9.00. The van der Waals surface area contributed by atoms with Gasteiger partial charge in [0.05, 0.1) is 122 Å². The maximum atomic E-state index is 14.2. The van der Waals surface area contributed by atoms with Crippen molar-refractivity contribution in [2.24, 2.45) is 47.3 Å². The number of cyclic esters (lactones) is 2. The molecule has 4 bridgehead atoms. The van der Waals surface area contributed by atoms with Gasteiger partial charge in [-0.25, -0.2) is 9.59 Å². The minimum Gasteiger partial charge on any atom is -0.458 e. The van der Waals surface area contributed by atoms with E-state index in [0.717, 1.165) is 25.7 Å². The number of carbonyl (C=O) groups is 2. The Bertz CT molecular complexity index is 2160. The SMILES string of the molecule is CO[C@H]1C[C@@H](CC[C@H](C)[C@H](O)[C@H](C)[C@H]2OC(=O)/C(C)=C/C[C@H](O)C[C@@H]3C=CC[C@@H](C[C@H](OC)[C@@H](C)[C@@H](O)C[C@@H](O)[C@H](C)[C@@H]([C@@H](C)[C@@H](O)[C@@H](C)CC[C@H]4C[C@H](OC)C[C@H](C)O4)OC(=O)/C(C)=C/C[C@H](O)C[C@@H]4C=CC[C@@H](C[C@H](OC)[C@@H](C)[C@@H](O)C[C@@H](O)[C@@H]2C)O4)O3)O[C@@H](C)C1. The van der Waals surface area contributed by atoms with Gasteiger partial charge in [0.25, 0.3) is 0 Å². The molecule has 0 saturated carbocycles. The molecule has 2 saturated heterocycles. The molecule has 5 aliphatic rings. The summed E-state index contributed by atoms with van der Waals surface area (Å²) in [5.74, 6) is -5.62. The fourth-order valence-electron chi connectivity index (χ4n) is 15.0. The molecule has 544 valence electrons. The largest absolute Gasteiger partial charge is 0.458 e. The van der Waals surface area contributed by atoms with E-state index in [4.69, 9.17) is 47.4 Å². The highest BCUT2D eigenvalue weighted by Gasteiger charge is 2.43. The molecule has 0 radical (unpaired) electrons. The zero-order valence-corrected chi connectivity index (χ0v) is 60.0. The topological polar surface area (TPSA) is 288 Å². The van der Waals surface area contributed by atoms with Crippen molar-refractivity contribution in [2.45, 2.75) is 333 Å². The van der Waals surface area contributed by atoms with Gasteiger partial charge in [-0.15, -0.1) is 0 Å². The van der Waals surface area contributed by atoms with Crippen LogP contribution in [-0.2, 0) is 57.0 Å². The number of esters is 2. The second-order valence-electron chi connectivity index (χ2n) is 29.5. The van der Waals surface area contributed by atoms with Crippen molar-refractivity contribution in [1.29, 1.82) is 0 Å². The molecule has 8 N–H and O–H groups in total. The first kappa shape index (κ1) is 81.9. The molecule has 94 heavy (non-hydrogen) atoms. The summed E-state index contributed by atoms with van der Waals surface area (Å²) in [5.41, 5.74) is 0.470. The number of aliphatic hydroxyl groups is 8. The minimum absolute atomic E-state index is 0.0361. The molecule has 0 aliphatic carbocycles. The molecule has 0 aromatic rings. The normalized spacial score (nSPS) is 41.4. The highest BCUT2D eigenvalue weighted by atomic mass is 16.6. The maximum absolute atomic E-state index is 14.2. The lowest BCUT2D eigenvalue weighted by molar-refractivity contribution is -0.160. The van der Waals surface area contributed by atoms with Crippen LogP contribution in [-0.4, -0.2) is 216 Å².